The summed E-state index contributed by atoms with van der Waals surface area (Å²) in [6.07, 6.45) is -3.86. The molecule has 2 amide bonds. The highest BCUT2D eigenvalue weighted by molar-refractivity contribution is 5.82. The number of nitrogens with one attached hydrogen (secondary N) is 2. The van der Waals surface area contributed by atoms with Crippen molar-refractivity contribution in [2.75, 3.05) is 6.54 Å². The fraction of sp³-hybridized carbons (Fsp3) is 0.750. The highest BCUT2D eigenvalue weighted by atomic mass is 19.3. The molecule has 3 N–H and O–H groups in total. The minimum absolute atomic E-state index is 0.0357. The molecule has 0 aliphatic heterocycles. The minimum Gasteiger partial charge on any atom is -0.480 e. The van der Waals surface area contributed by atoms with Crippen LogP contribution in [0.3, 0.4) is 0 Å². The van der Waals surface area contributed by atoms with Crippen molar-refractivity contribution < 1.29 is 32.3 Å². The van der Waals surface area contributed by atoms with Crippen LogP contribution in [0.15, 0.2) is 0 Å². The summed E-state index contributed by atoms with van der Waals surface area (Å²) < 4.78 is 48.2. The van der Waals surface area contributed by atoms with Crippen LogP contribution in [-0.4, -0.2) is 42.0 Å². The van der Waals surface area contributed by atoms with Gasteiger partial charge in [-0.3, -0.25) is 0 Å². The van der Waals surface area contributed by atoms with Crippen molar-refractivity contribution in [1.82, 2.24) is 10.6 Å². The normalized spacial score (nSPS) is 13.3. The van der Waals surface area contributed by atoms with Crippen molar-refractivity contribution >= 4 is 12.0 Å². The van der Waals surface area contributed by atoms with Crippen LogP contribution >= 0.6 is 0 Å². The molecule has 0 unspecified atom stereocenters. The van der Waals surface area contributed by atoms with Gasteiger partial charge in [0.25, 0.3) is 0 Å². The summed E-state index contributed by atoms with van der Waals surface area (Å²) >= 11 is 0. The number of amides is 2. The Labute approximate surface area is 94.2 Å². The second-order valence-electron chi connectivity index (χ2n) is 3.19. The summed E-state index contributed by atoms with van der Waals surface area (Å²) in [7, 11) is 0. The van der Waals surface area contributed by atoms with Gasteiger partial charge in [0, 0.05) is 0 Å². The Morgan fingerprint density at radius 3 is 2.24 bits per heavy atom. The largest absolute Gasteiger partial charge is 0.480 e. The molecule has 17 heavy (non-hydrogen) atoms. The van der Waals surface area contributed by atoms with E-state index in [0.29, 0.717) is 0 Å². The summed E-state index contributed by atoms with van der Waals surface area (Å²) in [4.78, 5) is 21.4. The third-order valence-electron chi connectivity index (χ3n) is 1.82. The van der Waals surface area contributed by atoms with Gasteiger partial charge in [0.1, 0.15) is 6.04 Å². The number of rotatable bonds is 6. The molecule has 0 fully saturated rings. The fourth-order valence-corrected chi connectivity index (χ4v) is 0.823. The van der Waals surface area contributed by atoms with Crippen LogP contribution in [-0.2, 0) is 4.79 Å². The van der Waals surface area contributed by atoms with Crippen LogP contribution in [0.5, 0.6) is 0 Å². The lowest BCUT2D eigenvalue weighted by molar-refractivity contribution is -0.139. The van der Waals surface area contributed by atoms with Crippen molar-refractivity contribution in [3.05, 3.63) is 0 Å². The first kappa shape index (κ1) is 15.5. The Balaban J connectivity index is 4.16. The molecule has 0 aliphatic carbocycles. The molecule has 0 aromatic rings. The van der Waals surface area contributed by atoms with E-state index < -0.39 is 36.9 Å². The number of urea groups is 1. The summed E-state index contributed by atoms with van der Waals surface area (Å²) in [5, 5.41) is 11.9. The number of carbonyl (C=O) groups excluding carboxylic acids is 1. The number of alkyl halides is 4. The van der Waals surface area contributed by atoms with Crippen molar-refractivity contribution in [1.29, 1.82) is 0 Å². The zero-order valence-corrected chi connectivity index (χ0v) is 8.84. The summed E-state index contributed by atoms with van der Waals surface area (Å²) in [5.74, 6) is -5.69. The topological polar surface area (TPSA) is 78.4 Å². The van der Waals surface area contributed by atoms with Gasteiger partial charge in [-0.25, -0.2) is 18.4 Å². The van der Waals surface area contributed by atoms with E-state index in [4.69, 9.17) is 5.11 Å². The van der Waals surface area contributed by atoms with Crippen LogP contribution in [0, 0.1) is 0 Å². The first-order chi connectivity index (χ1) is 7.70. The van der Waals surface area contributed by atoms with Crippen molar-refractivity contribution in [3.8, 4) is 0 Å². The van der Waals surface area contributed by atoms with Crippen LogP contribution in [0.2, 0.25) is 0 Å². The molecule has 9 heteroatoms. The average Bonchev–Trinajstić information content (AvgIpc) is 2.22. The lowest BCUT2D eigenvalue weighted by Gasteiger charge is -2.17. The molecule has 0 saturated carbocycles. The van der Waals surface area contributed by atoms with E-state index in [9.17, 15) is 27.2 Å². The number of aliphatic carboxylic acids is 1. The third-order valence-corrected chi connectivity index (χ3v) is 1.82. The second kappa shape index (κ2) is 6.26. The van der Waals surface area contributed by atoms with Gasteiger partial charge >= 0.3 is 24.3 Å². The fourth-order valence-electron chi connectivity index (χ4n) is 0.823. The lowest BCUT2D eigenvalue weighted by atomic mass is 10.2. The molecule has 1 atom stereocenters. The van der Waals surface area contributed by atoms with Gasteiger partial charge in [-0.1, -0.05) is 6.92 Å². The smallest absolute Gasteiger partial charge is 0.326 e. The number of carboxylic acid groups (broad SMARTS) is 1. The predicted molar refractivity (Wildman–Crippen MR) is 49.2 cm³/mol. The number of carboxylic acids is 1. The van der Waals surface area contributed by atoms with E-state index in [1.54, 1.807) is 0 Å². The van der Waals surface area contributed by atoms with Gasteiger partial charge in [0.2, 0.25) is 0 Å². The van der Waals surface area contributed by atoms with Crippen molar-refractivity contribution in [2.45, 2.75) is 31.7 Å². The van der Waals surface area contributed by atoms with E-state index in [2.05, 4.69) is 0 Å². The van der Waals surface area contributed by atoms with E-state index in [0.717, 1.165) is 0 Å². The first-order valence-corrected chi connectivity index (χ1v) is 4.63. The molecule has 100 valence electrons. The van der Waals surface area contributed by atoms with Gasteiger partial charge < -0.3 is 15.7 Å². The lowest BCUT2D eigenvalue weighted by Crippen LogP contribution is -2.49. The van der Waals surface area contributed by atoms with Gasteiger partial charge in [-0.05, 0) is 6.42 Å². The van der Waals surface area contributed by atoms with Crippen LogP contribution in [0.1, 0.15) is 13.3 Å². The molecule has 0 heterocycles. The van der Waals surface area contributed by atoms with Gasteiger partial charge in [-0.2, -0.15) is 8.78 Å². The van der Waals surface area contributed by atoms with Gasteiger partial charge in [-0.15, -0.1) is 0 Å². The molecule has 0 aromatic heterocycles. The highest BCUT2D eigenvalue weighted by Gasteiger charge is 2.40. The van der Waals surface area contributed by atoms with Crippen LogP contribution in [0.25, 0.3) is 0 Å². The third kappa shape index (κ3) is 5.36. The van der Waals surface area contributed by atoms with E-state index >= 15 is 0 Å². The molecular formula is C8H12F4N2O3. The highest BCUT2D eigenvalue weighted by Crippen LogP contribution is 2.21. The molecule has 0 spiro atoms. The number of halogens is 4. The van der Waals surface area contributed by atoms with Gasteiger partial charge in [0.15, 0.2) is 0 Å². The molecule has 0 rings (SSSR count). The standard InChI is InChI=1S/C8H12F4N2O3/c1-2-4(5(15)16)14-7(17)13-3-8(11,12)6(9)10/h4,6H,2-3H2,1H3,(H,15,16)(H2,13,14,17)/t4-/m1/s1. The maximum atomic E-state index is 12.4. The zero-order chi connectivity index (χ0) is 13.6. The Hall–Kier alpha value is -1.54. The van der Waals surface area contributed by atoms with E-state index in [1.807, 2.05) is 5.32 Å². The second-order valence-corrected chi connectivity index (χ2v) is 3.19. The number of carbonyl (C=O) groups is 2. The summed E-state index contributed by atoms with van der Waals surface area (Å²) in [5.41, 5.74) is 0. The Morgan fingerprint density at radius 1 is 1.35 bits per heavy atom. The van der Waals surface area contributed by atoms with Gasteiger partial charge in [0.05, 0.1) is 6.54 Å². The number of hydrogen-bond donors (Lipinski definition) is 3. The number of hydrogen-bond acceptors (Lipinski definition) is 2. The van der Waals surface area contributed by atoms with E-state index in [-0.39, 0.29) is 6.42 Å². The monoisotopic (exact) mass is 260 g/mol. The maximum absolute atomic E-state index is 12.4. The summed E-state index contributed by atoms with van der Waals surface area (Å²) in [6.45, 7) is -0.112. The van der Waals surface area contributed by atoms with Crippen LogP contribution < -0.4 is 10.6 Å². The molecule has 5 nitrogen and oxygen atoms in total. The Kier molecular flexibility index (Phi) is 5.69. The first-order valence-electron chi connectivity index (χ1n) is 4.63. The molecule has 0 radical (unpaired) electrons. The van der Waals surface area contributed by atoms with Crippen molar-refractivity contribution in [3.63, 3.8) is 0 Å². The molecular weight excluding hydrogens is 248 g/mol. The molecule has 0 bridgehead atoms. The predicted octanol–water partition coefficient (Wildman–Crippen LogP) is 1.05. The van der Waals surface area contributed by atoms with Crippen LogP contribution in [0.4, 0.5) is 22.4 Å². The maximum Gasteiger partial charge on any atom is 0.326 e. The van der Waals surface area contributed by atoms with E-state index in [1.165, 1.54) is 12.2 Å². The van der Waals surface area contributed by atoms with Crippen molar-refractivity contribution in [2.24, 2.45) is 0 Å². The molecule has 0 aliphatic rings. The SMILES string of the molecule is CC[C@@H](NC(=O)NCC(F)(F)C(F)F)C(=O)O. The zero-order valence-electron chi connectivity index (χ0n) is 8.84. The summed E-state index contributed by atoms with van der Waals surface area (Å²) in [6, 6.07) is -2.49. The average molecular weight is 260 g/mol. The molecule has 0 saturated heterocycles. The Bertz CT molecular complexity index is 286. The quantitative estimate of drug-likeness (QED) is 0.624. The Morgan fingerprint density at radius 2 is 1.88 bits per heavy atom. The molecule has 0 aromatic carbocycles. The minimum atomic E-state index is -4.34.